The van der Waals surface area contributed by atoms with Crippen LogP contribution in [0.5, 0.6) is 0 Å². The fourth-order valence-electron chi connectivity index (χ4n) is 14.4. The lowest BCUT2D eigenvalue weighted by atomic mass is 9.92. The molecule has 486 valence electrons. The number of pyridine rings is 2. The molecule has 0 atom stereocenters. The molecule has 0 amide bonds. The minimum Gasteiger partial charge on any atom is -0.264 e. The molecule has 0 bridgehead atoms. The van der Waals surface area contributed by atoms with Crippen molar-refractivity contribution in [1.29, 1.82) is 0 Å². The topological polar surface area (TPSA) is 77.3 Å². The summed E-state index contributed by atoms with van der Waals surface area (Å²) in [5, 5.41) is 12.5. The summed E-state index contributed by atoms with van der Waals surface area (Å²) in [4.78, 5) is 29.2. The maximum absolute atomic E-state index is 5.29. The second-order valence-corrected chi connectivity index (χ2v) is 26.2. The third-order valence-electron chi connectivity index (χ3n) is 19.8. The van der Waals surface area contributed by atoms with Gasteiger partial charge in [-0.05, 0) is 169 Å². The van der Waals surface area contributed by atoms with E-state index in [-0.39, 0.29) is 0 Å². The summed E-state index contributed by atoms with van der Waals surface area (Å²) < 4.78 is 0. The Kier molecular flexibility index (Phi) is 16.6. The molecule has 0 saturated carbocycles. The lowest BCUT2D eigenvalue weighted by Crippen LogP contribution is -1.96. The van der Waals surface area contributed by atoms with Crippen LogP contribution in [0, 0.1) is 0 Å². The molecule has 0 N–H and O–H groups in total. The zero-order valence-electron chi connectivity index (χ0n) is 56.6. The molecular formula is C98H64N6. The highest BCUT2D eigenvalue weighted by atomic mass is 14.9. The molecule has 6 nitrogen and oxygen atoms in total. The van der Waals surface area contributed by atoms with Gasteiger partial charge >= 0.3 is 0 Å². The van der Waals surface area contributed by atoms with Crippen LogP contribution in [0.15, 0.2) is 389 Å². The molecule has 19 aromatic rings. The van der Waals surface area contributed by atoms with E-state index < -0.39 is 0 Å². The van der Waals surface area contributed by atoms with Crippen molar-refractivity contribution in [2.24, 2.45) is 0 Å². The molecule has 0 unspecified atom stereocenters. The van der Waals surface area contributed by atoms with Crippen LogP contribution in [0.1, 0.15) is 0 Å². The lowest BCUT2D eigenvalue weighted by Gasteiger charge is -2.13. The van der Waals surface area contributed by atoms with Crippen molar-refractivity contribution >= 4 is 53.9 Å². The molecule has 104 heavy (non-hydrogen) atoms. The molecule has 0 fully saturated rings. The first-order valence-electron chi connectivity index (χ1n) is 35.1. The molecule has 19 rings (SSSR count). The average molecular weight is 1330 g/mol. The molecule has 0 aliphatic rings. The monoisotopic (exact) mass is 1320 g/mol. The van der Waals surface area contributed by atoms with E-state index in [0.29, 0.717) is 11.6 Å². The van der Waals surface area contributed by atoms with Crippen molar-refractivity contribution in [1.82, 2.24) is 29.9 Å². The van der Waals surface area contributed by atoms with Crippen LogP contribution in [0.3, 0.4) is 0 Å². The Morgan fingerprint density at radius 3 is 1.23 bits per heavy atom. The molecule has 0 radical (unpaired) electrons. The van der Waals surface area contributed by atoms with Crippen LogP contribution in [-0.2, 0) is 0 Å². The Labute approximate surface area is 603 Å². The van der Waals surface area contributed by atoms with Gasteiger partial charge in [-0.25, -0.2) is 19.9 Å². The highest BCUT2D eigenvalue weighted by molar-refractivity contribution is 6.25. The van der Waals surface area contributed by atoms with Crippen molar-refractivity contribution in [2.75, 3.05) is 0 Å². The molecule has 6 heteroatoms. The van der Waals surface area contributed by atoms with E-state index in [1.807, 2.05) is 36.8 Å². The standard InChI is InChI=1S/C55H35N3.C43H29N3/c1-2-11-39-30-42(26-23-36(39)10-1)40-12-7-14-44(31-40)54-34-53(38-24-21-37(22-25-38)46-16-9-29-56-35-46)57-55(58-54)45-15-8-13-41(32-45)43-27-28-51-49-19-4-3-17-47(49)48-18-5-6-20-50(48)52(51)33-43;1-2-8-30(9-3-1)31-15-19-35(20-16-31)41-29-45-43(46-42(41)36-23-17-32(18-24-36)38-12-7-27-44-28-38)37-25-21-34(22-26-37)40-14-6-11-33-10-4-5-13-39(33)40/h1-35H;1-29H. The number of aromatic nitrogens is 6. The Morgan fingerprint density at radius 2 is 0.587 bits per heavy atom. The van der Waals surface area contributed by atoms with E-state index >= 15 is 0 Å². The first-order chi connectivity index (χ1) is 51.5. The van der Waals surface area contributed by atoms with Gasteiger partial charge in [0.15, 0.2) is 11.6 Å². The zero-order chi connectivity index (χ0) is 69.1. The highest BCUT2D eigenvalue weighted by Gasteiger charge is 2.18. The van der Waals surface area contributed by atoms with Gasteiger partial charge in [-0.1, -0.05) is 315 Å². The SMILES string of the molecule is c1ccc(-c2ccc(-c3cnc(-c4ccc(-c5cccc6ccccc56)cc4)nc3-c3ccc(-c4cccnc4)cc3)cc2)cc1.c1cncc(-c2ccc(-c3cc(-c4cccc(-c5ccc6ccccc6c5)c4)nc(-c4cccc(-c5ccc6c7ccccc7c7ccccc7c6c5)c4)n3)cc2)c1. The van der Waals surface area contributed by atoms with Crippen molar-refractivity contribution in [3.63, 3.8) is 0 Å². The third-order valence-corrected chi connectivity index (χ3v) is 19.8. The molecule has 0 aliphatic carbocycles. The second-order valence-electron chi connectivity index (χ2n) is 26.2. The summed E-state index contributed by atoms with van der Waals surface area (Å²) >= 11 is 0. The highest BCUT2D eigenvalue weighted by Crippen LogP contribution is 2.41. The molecule has 0 aliphatic heterocycles. The zero-order valence-corrected chi connectivity index (χ0v) is 56.6. The third kappa shape index (κ3) is 12.5. The molecule has 4 heterocycles. The van der Waals surface area contributed by atoms with Crippen LogP contribution in [0.25, 0.3) is 188 Å². The first kappa shape index (κ1) is 62.3. The molecule has 15 aromatic carbocycles. The quantitative estimate of drug-likeness (QED) is 0.113. The summed E-state index contributed by atoms with van der Waals surface area (Å²) in [7, 11) is 0. The summed E-state index contributed by atoms with van der Waals surface area (Å²) in [5.74, 6) is 1.37. The molecule has 4 aromatic heterocycles. The number of fused-ring (bicyclic) bond motifs is 8. The van der Waals surface area contributed by atoms with Gasteiger partial charge in [-0.3, -0.25) is 9.97 Å². The van der Waals surface area contributed by atoms with E-state index in [1.165, 1.54) is 81.7 Å². The summed E-state index contributed by atoms with van der Waals surface area (Å²) in [6, 6.07) is 127. The fraction of sp³-hybridized carbons (Fsp3) is 0. The number of hydrogen-bond acceptors (Lipinski definition) is 6. The van der Waals surface area contributed by atoms with Crippen molar-refractivity contribution in [3.05, 3.63) is 389 Å². The second kappa shape index (κ2) is 27.6. The van der Waals surface area contributed by atoms with Gasteiger partial charge in [-0.2, -0.15) is 0 Å². The van der Waals surface area contributed by atoms with E-state index in [1.54, 1.807) is 12.4 Å². The van der Waals surface area contributed by atoms with E-state index in [9.17, 15) is 0 Å². The van der Waals surface area contributed by atoms with Gasteiger partial charge in [0.25, 0.3) is 0 Å². The number of nitrogens with zero attached hydrogens (tertiary/aromatic N) is 6. The van der Waals surface area contributed by atoms with Gasteiger partial charge in [0.05, 0.1) is 17.1 Å². The molecular weight excluding hydrogens is 1260 g/mol. The Hall–Kier alpha value is -13.9. The number of hydrogen-bond donors (Lipinski definition) is 0. The number of benzene rings is 15. The largest absolute Gasteiger partial charge is 0.264 e. The van der Waals surface area contributed by atoms with Gasteiger partial charge in [0, 0.05) is 64.4 Å². The Balaban J connectivity index is 0.000000152. The van der Waals surface area contributed by atoms with E-state index in [0.717, 1.165) is 95.0 Å². The maximum Gasteiger partial charge on any atom is 0.160 e. The van der Waals surface area contributed by atoms with Crippen molar-refractivity contribution in [3.8, 4) is 134 Å². The predicted molar refractivity (Wildman–Crippen MR) is 432 cm³/mol. The molecule has 0 spiro atoms. The summed E-state index contributed by atoms with van der Waals surface area (Å²) in [6.07, 6.45) is 9.34. The summed E-state index contributed by atoms with van der Waals surface area (Å²) in [5.41, 5.74) is 23.4. The van der Waals surface area contributed by atoms with Gasteiger partial charge in [0.2, 0.25) is 0 Å². The smallest absolute Gasteiger partial charge is 0.160 e. The normalized spacial score (nSPS) is 11.3. The summed E-state index contributed by atoms with van der Waals surface area (Å²) in [6.45, 7) is 0. The van der Waals surface area contributed by atoms with Crippen LogP contribution in [0.2, 0.25) is 0 Å². The van der Waals surface area contributed by atoms with E-state index in [2.05, 4.69) is 350 Å². The molecule has 0 saturated heterocycles. The maximum atomic E-state index is 5.29. The van der Waals surface area contributed by atoms with Gasteiger partial charge in [-0.15, -0.1) is 0 Å². The van der Waals surface area contributed by atoms with Crippen molar-refractivity contribution in [2.45, 2.75) is 0 Å². The van der Waals surface area contributed by atoms with Gasteiger partial charge in [0.1, 0.15) is 0 Å². The lowest BCUT2D eigenvalue weighted by molar-refractivity contribution is 1.18. The van der Waals surface area contributed by atoms with Gasteiger partial charge < -0.3 is 0 Å². The van der Waals surface area contributed by atoms with Crippen LogP contribution in [0.4, 0.5) is 0 Å². The Morgan fingerprint density at radius 1 is 0.173 bits per heavy atom. The minimum absolute atomic E-state index is 0.680. The number of rotatable bonds is 12. The average Bonchev–Trinajstić information content (AvgIpc) is 0.742. The van der Waals surface area contributed by atoms with Crippen LogP contribution in [-0.4, -0.2) is 29.9 Å². The van der Waals surface area contributed by atoms with E-state index in [4.69, 9.17) is 19.9 Å². The fourth-order valence-corrected chi connectivity index (χ4v) is 14.4. The van der Waals surface area contributed by atoms with Crippen LogP contribution < -0.4 is 0 Å². The minimum atomic E-state index is 0.680. The Bertz CT molecular complexity index is 6320. The first-order valence-corrected chi connectivity index (χ1v) is 35.1. The van der Waals surface area contributed by atoms with Crippen molar-refractivity contribution < 1.29 is 0 Å². The predicted octanol–water partition coefficient (Wildman–Crippen LogP) is 25.5. The van der Waals surface area contributed by atoms with Crippen LogP contribution >= 0.6 is 0 Å².